The highest BCUT2D eigenvalue weighted by molar-refractivity contribution is 5.78. The summed E-state index contributed by atoms with van der Waals surface area (Å²) in [5, 5.41) is 9.06. The summed E-state index contributed by atoms with van der Waals surface area (Å²) in [5.41, 5.74) is 5.59. The number of aromatic nitrogens is 2. The Bertz CT molecular complexity index is 561. The van der Waals surface area contributed by atoms with E-state index in [-0.39, 0.29) is 6.42 Å². The summed E-state index contributed by atoms with van der Waals surface area (Å²) in [5.74, 6) is -0.349. The monoisotopic (exact) mass is 259 g/mol. The van der Waals surface area contributed by atoms with E-state index in [0.717, 1.165) is 5.56 Å². The van der Waals surface area contributed by atoms with E-state index in [1.165, 1.54) is 6.92 Å². The van der Waals surface area contributed by atoms with Gasteiger partial charge in [0.25, 0.3) is 0 Å². The molecule has 2 rings (SSSR count). The van der Waals surface area contributed by atoms with Crippen LogP contribution in [0.2, 0.25) is 0 Å². The van der Waals surface area contributed by atoms with Gasteiger partial charge in [-0.25, -0.2) is 4.98 Å². The third-order valence-electron chi connectivity index (χ3n) is 3.01. The molecule has 19 heavy (non-hydrogen) atoms. The Morgan fingerprint density at radius 2 is 2.11 bits per heavy atom. The van der Waals surface area contributed by atoms with Crippen molar-refractivity contribution in [2.24, 2.45) is 5.73 Å². The highest BCUT2D eigenvalue weighted by Crippen LogP contribution is 2.12. The first-order valence-corrected chi connectivity index (χ1v) is 6.05. The van der Waals surface area contributed by atoms with Crippen LogP contribution in [0.25, 0.3) is 0 Å². The van der Waals surface area contributed by atoms with Gasteiger partial charge >= 0.3 is 5.97 Å². The van der Waals surface area contributed by atoms with Gasteiger partial charge in [-0.05, 0) is 12.5 Å². The smallest absolute Gasteiger partial charge is 0.323 e. The lowest BCUT2D eigenvalue weighted by atomic mass is 9.99. The molecule has 5 heteroatoms. The van der Waals surface area contributed by atoms with Gasteiger partial charge in [0, 0.05) is 25.4 Å². The quantitative estimate of drug-likeness (QED) is 0.847. The van der Waals surface area contributed by atoms with Gasteiger partial charge in [0.15, 0.2) is 0 Å². The average molecular weight is 259 g/mol. The Labute approximate surface area is 111 Å². The number of imidazole rings is 1. The molecule has 0 bridgehead atoms. The first kappa shape index (κ1) is 13.3. The molecule has 0 amide bonds. The molecule has 2 aromatic rings. The van der Waals surface area contributed by atoms with E-state index < -0.39 is 11.5 Å². The van der Waals surface area contributed by atoms with Gasteiger partial charge in [-0.3, -0.25) is 4.79 Å². The summed E-state index contributed by atoms with van der Waals surface area (Å²) in [6.45, 7) is 2.16. The van der Waals surface area contributed by atoms with E-state index in [0.29, 0.717) is 12.4 Å². The Morgan fingerprint density at radius 1 is 1.42 bits per heavy atom. The van der Waals surface area contributed by atoms with E-state index in [2.05, 4.69) is 4.98 Å². The van der Waals surface area contributed by atoms with Crippen LogP contribution >= 0.6 is 0 Å². The molecule has 100 valence electrons. The van der Waals surface area contributed by atoms with Gasteiger partial charge in [-0.2, -0.15) is 0 Å². The zero-order chi connectivity index (χ0) is 13.9. The molecule has 0 spiro atoms. The van der Waals surface area contributed by atoms with Crippen LogP contribution in [0.5, 0.6) is 0 Å². The molecule has 0 radical (unpaired) electrons. The molecule has 5 nitrogen and oxygen atoms in total. The van der Waals surface area contributed by atoms with E-state index in [4.69, 9.17) is 10.8 Å². The standard InChI is InChI=1S/C14H17N3O2/c1-14(15,13(18)19)9-12-16-7-8-17(12)10-11-5-3-2-4-6-11/h2-8H,9-10,15H2,1H3,(H,18,19). The first-order chi connectivity index (χ1) is 8.99. The molecule has 0 saturated heterocycles. The van der Waals surface area contributed by atoms with Crippen LogP contribution < -0.4 is 5.73 Å². The van der Waals surface area contributed by atoms with E-state index in [1.807, 2.05) is 41.1 Å². The van der Waals surface area contributed by atoms with Crippen molar-refractivity contribution in [3.63, 3.8) is 0 Å². The number of nitrogens with two attached hydrogens (primary N) is 1. The fourth-order valence-corrected chi connectivity index (χ4v) is 1.84. The summed E-state index contributed by atoms with van der Waals surface area (Å²) < 4.78 is 1.92. The molecule has 1 heterocycles. The molecule has 0 aliphatic heterocycles. The number of hydrogen-bond acceptors (Lipinski definition) is 3. The molecular formula is C14H17N3O2. The van der Waals surface area contributed by atoms with Crippen LogP contribution in [0.15, 0.2) is 42.7 Å². The number of nitrogens with zero attached hydrogens (tertiary/aromatic N) is 2. The molecule has 1 unspecified atom stereocenters. The van der Waals surface area contributed by atoms with Gasteiger partial charge in [-0.1, -0.05) is 30.3 Å². The molecule has 0 fully saturated rings. The topological polar surface area (TPSA) is 81.1 Å². The molecule has 0 saturated carbocycles. The molecule has 3 N–H and O–H groups in total. The van der Waals surface area contributed by atoms with Crippen molar-refractivity contribution in [1.82, 2.24) is 9.55 Å². The summed E-state index contributed by atoms with van der Waals surface area (Å²) in [6, 6.07) is 9.93. The maximum atomic E-state index is 11.1. The van der Waals surface area contributed by atoms with E-state index >= 15 is 0 Å². The number of aliphatic carboxylic acids is 1. The van der Waals surface area contributed by atoms with Crippen molar-refractivity contribution in [3.8, 4) is 0 Å². The number of benzene rings is 1. The number of carbonyl (C=O) groups is 1. The first-order valence-electron chi connectivity index (χ1n) is 6.05. The van der Waals surface area contributed by atoms with Crippen molar-refractivity contribution in [3.05, 3.63) is 54.1 Å². The third-order valence-corrected chi connectivity index (χ3v) is 3.01. The number of hydrogen-bond donors (Lipinski definition) is 2. The van der Waals surface area contributed by atoms with Gasteiger partial charge in [0.05, 0.1) is 0 Å². The summed E-state index contributed by atoms with van der Waals surface area (Å²) in [4.78, 5) is 15.3. The maximum Gasteiger partial charge on any atom is 0.323 e. The van der Waals surface area contributed by atoms with Gasteiger partial charge in [-0.15, -0.1) is 0 Å². The van der Waals surface area contributed by atoms with Crippen molar-refractivity contribution in [2.75, 3.05) is 0 Å². The second-order valence-corrected chi connectivity index (χ2v) is 4.86. The number of carboxylic acids is 1. The van der Waals surface area contributed by atoms with Crippen LogP contribution in [0.1, 0.15) is 18.3 Å². The zero-order valence-electron chi connectivity index (χ0n) is 10.8. The molecule has 1 aromatic heterocycles. The van der Waals surface area contributed by atoms with Crippen molar-refractivity contribution in [2.45, 2.75) is 25.4 Å². The lowest BCUT2D eigenvalue weighted by Gasteiger charge is -2.19. The van der Waals surface area contributed by atoms with Gasteiger partial charge in [0.1, 0.15) is 11.4 Å². The average Bonchev–Trinajstić information content (AvgIpc) is 2.77. The highest BCUT2D eigenvalue weighted by Gasteiger charge is 2.29. The van der Waals surface area contributed by atoms with Crippen LogP contribution in [0, 0.1) is 0 Å². The summed E-state index contributed by atoms with van der Waals surface area (Å²) in [6.07, 6.45) is 3.69. The number of carboxylic acid groups (broad SMARTS) is 1. The van der Waals surface area contributed by atoms with Gasteiger partial charge < -0.3 is 15.4 Å². The Kier molecular flexibility index (Phi) is 3.66. The normalized spacial score (nSPS) is 14.0. The van der Waals surface area contributed by atoms with Crippen molar-refractivity contribution in [1.29, 1.82) is 0 Å². The Morgan fingerprint density at radius 3 is 2.74 bits per heavy atom. The molecule has 0 aliphatic carbocycles. The Balaban J connectivity index is 2.17. The fourth-order valence-electron chi connectivity index (χ4n) is 1.84. The summed E-state index contributed by atoms with van der Waals surface area (Å²) in [7, 11) is 0. The molecule has 0 aliphatic rings. The fraction of sp³-hybridized carbons (Fsp3) is 0.286. The SMILES string of the molecule is CC(N)(Cc1nccn1Cc1ccccc1)C(=O)O. The van der Waals surface area contributed by atoms with Crippen LogP contribution in [-0.2, 0) is 17.8 Å². The maximum absolute atomic E-state index is 11.1. The predicted molar refractivity (Wildman–Crippen MR) is 71.7 cm³/mol. The minimum Gasteiger partial charge on any atom is -0.480 e. The minimum atomic E-state index is -1.31. The molecular weight excluding hydrogens is 242 g/mol. The highest BCUT2D eigenvalue weighted by atomic mass is 16.4. The largest absolute Gasteiger partial charge is 0.480 e. The second-order valence-electron chi connectivity index (χ2n) is 4.86. The Hall–Kier alpha value is -2.14. The van der Waals surface area contributed by atoms with Crippen LogP contribution in [0.3, 0.4) is 0 Å². The minimum absolute atomic E-state index is 0.197. The molecule has 1 atom stereocenters. The zero-order valence-corrected chi connectivity index (χ0v) is 10.8. The number of rotatable bonds is 5. The second kappa shape index (κ2) is 5.24. The lowest BCUT2D eigenvalue weighted by molar-refractivity contribution is -0.142. The predicted octanol–water partition coefficient (Wildman–Crippen LogP) is 1.28. The lowest BCUT2D eigenvalue weighted by Crippen LogP contribution is -2.47. The molecule has 1 aromatic carbocycles. The van der Waals surface area contributed by atoms with Crippen LogP contribution in [-0.4, -0.2) is 26.2 Å². The summed E-state index contributed by atoms with van der Waals surface area (Å²) >= 11 is 0. The van der Waals surface area contributed by atoms with E-state index in [1.54, 1.807) is 6.20 Å². The van der Waals surface area contributed by atoms with Crippen LogP contribution in [0.4, 0.5) is 0 Å². The van der Waals surface area contributed by atoms with Crippen molar-refractivity contribution < 1.29 is 9.90 Å². The van der Waals surface area contributed by atoms with E-state index in [9.17, 15) is 4.79 Å². The van der Waals surface area contributed by atoms with Gasteiger partial charge in [0.2, 0.25) is 0 Å². The third kappa shape index (κ3) is 3.20. The van der Waals surface area contributed by atoms with Crippen molar-refractivity contribution >= 4 is 5.97 Å².